The molecule has 0 aliphatic rings. The number of carbonyl (C=O) groups excluding carboxylic acids is 2. The molecule has 0 saturated carbocycles. The molecule has 0 aliphatic carbocycles. The molecule has 0 radical (unpaired) electrons. The number of benzene rings is 1. The van der Waals surface area contributed by atoms with Gasteiger partial charge in [0.15, 0.2) is 5.78 Å². The van der Waals surface area contributed by atoms with Gasteiger partial charge in [0.25, 0.3) is 0 Å². The van der Waals surface area contributed by atoms with Crippen LogP contribution in [0, 0.1) is 26.7 Å². The second kappa shape index (κ2) is 6.51. The molecular weight excluding hydrogens is 252 g/mol. The summed E-state index contributed by atoms with van der Waals surface area (Å²) in [6, 6.07) is 2.03. The van der Waals surface area contributed by atoms with Crippen LogP contribution in [0.25, 0.3) is 6.08 Å². The summed E-state index contributed by atoms with van der Waals surface area (Å²) in [5, 5.41) is 0. The Morgan fingerprint density at radius 3 is 2.25 bits per heavy atom. The van der Waals surface area contributed by atoms with Crippen molar-refractivity contribution in [1.82, 2.24) is 0 Å². The average molecular weight is 274 g/mol. The third-order valence-corrected chi connectivity index (χ3v) is 3.26. The molecular formula is C17H22O3. The number of allylic oxidation sites excluding steroid dienone is 1. The zero-order valence-corrected chi connectivity index (χ0v) is 13.0. The molecule has 3 heteroatoms. The minimum absolute atomic E-state index is 0.0460. The Labute approximate surface area is 120 Å². The van der Waals surface area contributed by atoms with Crippen LogP contribution in [0.15, 0.2) is 12.1 Å². The highest BCUT2D eigenvalue weighted by Crippen LogP contribution is 2.31. The van der Waals surface area contributed by atoms with Crippen molar-refractivity contribution in [3.8, 4) is 5.75 Å². The maximum atomic E-state index is 11.7. The van der Waals surface area contributed by atoms with E-state index in [1.54, 1.807) is 12.2 Å². The summed E-state index contributed by atoms with van der Waals surface area (Å²) in [6.07, 6.45) is 3.29. The molecule has 0 bridgehead atoms. The number of rotatable bonds is 4. The molecule has 108 valence electrons. The maximum Gasteiger partial charge on any atom is 0.308 e. The molecule has 0 unspecified atom stereocenters. The van der Waals surface area contributed by atoms with Crippen LogP contribution in [0.3, 0.4) is 0 Å². The van der Waals surface area contributed by atoms with Crippen molar-refractivity contribution in [2.45, 2.75) is 41.5 Å². The molecule has 0 heterocycles. The Balaban J connectivity index is 3.33. The molecule has 0 amide bonds. The van der Waals surface area contributed by atoms with Gasteiger partial charge in [-0.3, -0.25) is 9.59 Å². The van der Waals surface area contributed by atoms with Gasteiger partial charge in [-0.15, -0.1) is 0 Å². The molecule has 0 N–H and O–H groups in total. The average Bonchev–Trinajstić information content (AvgIpc) is 2.34. The van der Waals surface area contributed by atoms with Gasteiger partial charge >= 0.3 is 5.97 Å². The van der Waals surface area contributed by atoms with Crippen LogP contribution < -0.4 is 4.74 Å². The van der Waals surface area contributed by atoms with E-state index in [2.05, 4.69) is 0 Å². The lowest BCUT2D eigenvalue weighted by atomic mass is 9.97. The SMILES string of the molecule is CC(=O)Oc1c(C)c(C)cc(C)c1/C=C\C(=O)C(C)C. The first-order valence-electron chi connectivity index (χ1n) is 6.75. The Kier molecular flexibility index (Phi) is 5.26. The van der Waals surface area contributed by atoms with Gasteiger partial charge in [-0.2, -0.15) is 0 Å². The summed E-state index contributed by atoms with van der Waals surface area (Å²) in [6.45, 7) is 10.9. The normalized spacial score (nSPS) is 11.2. The Hall–Kier alpha value is -1.90. The van der Waals surface area contributed by atoms with Crippen molar-refractivity contribution in [2.75, 3.05) is 0 Å². The third-order valence-electron chi connectivity index (χ3n) is 3.26. The molecule has 0 aliphatic heterocycles. The first-order valence-corrected chi connectivity index (χ1v) is 6.75. The monoisotopic (exact) mass is 274 g/mol. The van der Waals surface area contributed by atoms with Gasteiger partial charge in [-0.25, -0.2) is 0 Å². The minimum atomic E-state index is -0.358. The largest absolute Gasteiger partial charge is 0.426 e. The lowest BCUT2D eigenvalue weighted by molar-refractivity contribution is -0.131. The van der Waals surface area contributed by atoms with Crippen molar-refractivity contribution in [3.63, 3.8) is 0 Å². The summed E-state index contributed by atoms with van der Waals surface area (Å²) < 4.78 is 5.33. The number of hydrogen-bond acceptors (Lipinski definition) is 3. The lowest BCUT2D eigenvalue weighted by Gasteiger charge is -2.14. The van der Waals surface area contributed by atoms with E-state index in [4.69, 9.17) is 4.74 Å². The second-order valence-electron chi connectivity index (χ2n) is 5.36. The summed E-state index contributed by atoms with van der Waals surface area (Å²) in [5.41, 5.74) is 3.75. The molecule has 0 saturated heterocycles. The number of ether oxygens (including phenoxy) is 1. The highest BCUT2D eigenvalue weighted by molar-refractivity contribution is 5.95. The first-order chi connectivity index (χ1) is 9.23. The number of aryl methyl sites for hydroxylation is 2. The summed E-state index contributed by atoms with van der Waals surface area (Å²) >= 11 is 0. The molecule has 0 aromatic heterocycles. The zero-order chi connectivity index (χ0) is 15.4. The third kappa shape index (κ3) is 3.80. The van der Waals surface area contributed by atoms with E-state index in [0.717, 1.165) is 22.3 Å². The van der Waals surface area contributed by atoms with Crippen molar-refractivity contribution in [3.05, 3.63) is 34.4 Å². The van der Waals surface area contributed by atoms with Crippen LogP contribution >= 0.6 is 0 Å². The van der Waals surface area contributed by atoms with Crippen molar-refractivity contribution in [1.29, 1.82) is 0 Å². The van der Waals surface area contributed by atoms with E-state index in [0.29, 0.717) is 5.75 Å². The minimum Gasteiger partial charge on any atom is -0.426 e. The smallest absolute Gasteiger partial charge is 0.308 e. The Morgan fingerprint density at radius 1 is 1.15 bits per heavy atom. The van der Waals surface area contributed by atoms with Crippen LogP contribution in [0.4, 0.5) is 0 Å². The molecule has 0 atom stereocenters. The Morgan fingerprint density at radius 2 is 1.75 bits per heavy atom. The van der Waals surface area contributed by atoms with Gasteiger partial charge in [0, 0.05) is 18.4 Å². The number of esters is 1. The van der Waals surface area contributed by atoms with Gasteiger partial charge in [0.05, 0.1) is 0 Å². The van der Waals surface area contributed by atoms with Gasteiger partial charge < -0.3 is 4.74 Å². The maximum absolute atomic E-state index is 11.7. The predicted molar refractivity (Wildman–Crippen MR) is 80.8 cm³/mol. The topological polar surface area (TPSA) is 43.4 Å². The molecule has 0 fully saturated rings. The fourth-order valence-electron chi connectivity index (χ4n) is 1.91. The quantitative estimate of drug-likeness (QED) is 0.477. The fourth-order valence-corrected chi connectivity index (χ4v) is 1.91. The van der Waals surface area contributed by atoms with Crippen LogP contribution in [-0.4, -0.2) is 11.8 Å². The first kappa shape index (κ1) is 16.2. The van der Waals surface area contributed by atoms with Gasteiger partial charge in [-0.05, 0) is 49.6 Å². The molecule has 1 rings (SSSR count). The number of ketones is 1. The van der Waals surface area contributed by atoms with E-state index in [-0.39, 0.29) is 17.7 Å². The number of hydrogen-bond donors (Lipinski definition) is 0. The molecule has 3 nitrogen and oxygen atoms in total. The molecule has 1 aromatic carbocycles. The summed E-state index contributed by atoms with van der Waals surface area (Å²) in [4.78, 5) is 23.0. The van der Waals surface area contributed by atoms with Gasteiger partial charge in [-0.1, -0.05) is 19.9 Å². The zero-order valence-electron chi connectivity index (χ0n) is 13.0. The van der Waals surface area contributed by atoms with E-state index in [1.165, 1.54) is 6.92 Å². The number of carbonyl (C=O) groups is 2. The van der Waals surface area contributed by atoms with Crippen LogP contribution in [-0.2, 0) is 9.59 Å². The molecule has 1 aromatic rings. The van der Waals surface area contributed by atoms with Crippen molar-refractivity contribution < 1.29 is 14.3 Å². The van der Waals surface area contributed by atoms with Crippen LogP contribution in [0.2, 0.25) is 0 Å². The van der Waals surface area contributed by atoms with E-state index >= 15 is 0 Å². The summed E-state index contributed by atoms with van der Waals surface area (Å²) in [7, 11) is 0. The summed E-state index contributed by atoms with van der Waals surface area (Å²) in [5.74, 6) is 0.192. The van der Waals surface area contributed by atoms with Crippen molar-refractivity contribution >= 4 is 17.8 Å². The molecule has 20 heavy (non-hydrogen) atoms. The van der Waals surface area contributed by atoms with Gasteiger partial charge in [0.1, 0.15) is 5.75 Å². The fraction of sp³-hybridized carbons (Fsp3) is 0.412. The highest BCUT2D eigenvalue weighted by atomic mass is 16.5. The second-order valence-corrected chi connectivity index (χ2v) is 5.36. The highest BCUT2D eigenvalue weighted by Gasteiger charge is 2.13. The van der Waals surface area contributed by atoms with E-state index in [1.807, 2.05) is 40.7 Å². The van der Waals surface area contributed by atoms with E-state index in [9.17, 15) is 9.59 Å². The van der Waals surface area contributed by atoms with E-state index < -0.39 is 0 Å². The van der Waals surface area contributed by atoms with Crippen molar-refractivity contribution in [2.24, 2.45) is 5.92 Å². The predicted octanol–water partition coefficient (Wildman–Crippen LogP) is 3.78. The molecule has 0 spiro atoms. The standard InChI is InChI=1S/C17H22O3/c1-10(2)16(19)8-7-15-12(4)9-11(3)13(5)17(15)20-14(6)18/h7-10H,1-6H3/b8-7-. The lowest BCUT2D eigenvalue weighted by Crippen LogP contribution is -2.07. The Bertz CT molecular complexity index is 566. The van der Waals surface area contributed by atoms with Crippen LogP contribution in [0.1, 0.15) is 43.0 Å². The van der Waals surface area contributed by atoms with Gasteiger partial charge in [0.2, 0.25) is 0 Å². The van der Waals surface area contributed by atoms with Crippen LogP contribution in [0.5, 0.6) is 5.75 Å².